The number of aliphatic hydroxyl groups is 1. The lowest BCUT2D eigenvalue weighted by molar-refractivity contribution is 0.190. The van der Waals surface area contributed by atoms with E-state index >= 15 is 0 Å². The highest BCUT2D eigenvalue weighted by Gasteiger charge is 2.08. The van der Waals surface area contributed by atoms with Crippen LogP contribution in [0.2, 0.25) is 0 Å². The van der Waals surface area contributed by atoms with Crippen molar-refractivity contribution in [1.29, 1.82) is 0 Å². The van der Waals surface area contributed by atoms with Gasteiger partial charge < -0.3 is 5.11 Å². The van der Waals surface area contributed by atoms with Gasteiger partial charge in [0.2, 0.25) is 0 Å². The minimum atomic E-state index is 0.241. The summed E-state index contributed by atoms with van der Waals surface area (Å²) in [7, 11) is 0. The quantitative estimate of drug-likeness (QED) is 0.798. The van der Waals surface area contributed by atoms with Crippen LogP contribution in [0, 0.1) is 13.8 Å². The number of aliphatic hydroxyl groups excluding tert-OH is 1. The van der Waals surface area contributed by atoms with Crippen LogP contribution in [0.1, 0.15) is 30.0 Å². The molecule has 0 unspecified atom stereocenters. The molecule has 16 heavy (non-hydrogen) atoms. The van der Waals surface area contributed by atoms with E-state index in [0.29, 0.717) is 0 Å². The van der Waals surface area contributed by atoms with Crippen molar-refractivity contribution >= 4 is 0 Å². The summed E-state index contributed by atoms with van der Waals surface area (Å²) < 4.78 is 0. The van der Waals surface area contributed by atoms with Gasteiger partial charge in [-0.25, -0.2) is 0 Å². The van der Waals surface area contributed by atoms with Gasteiger partial charge in [-0.3, -0.25) is 4.90 Å². The first-order valence-electron chi connectivity index (χ1n) is 6.07. The highest BCUT2D eigenvalue weighted by Crippen LogP contribution is 2.15. The molecular formula is C14H23NO. The molecule has 0 atom stereocenters. The molecule has 1 rings (SSSR count). The molecule has 0 saturated heterocycles. The predicted octanol–water partition coefficient (Wildman–Crippen LogP) is 2.51. The molecule has 2 heteroatoms. The van der Waals surface area contributed by atoms with E-state index in [1.807, 2.05) is 0 Å². The summed E-state index contributed by atoms with van der Waals surface area (Å²) in [6.45, 7) is 9.50. The molecule has 0 aliphatic heterocycles. The Bertz CT molecular complexity index is 296. The zero-order valence-electron chi connectivity index (χ0n) is 10.7. The van der Waals surface area contributed by atoms with Gasteiger partial charge in [0.1, 0.15) is 0 Å². The Morgan fingerprint density at radius 2 is 1.75 bits per heavy atom. The summed E-state index contributed by atoms with van der Waals surface area (Å²) in [4.78, 5) is 2.31. The monoisotopic (exact) mass is 221 g/mol. The van der Waals surface area contributed by atoms with E-state index in [-0.39, 0.29) is 6.61 Å². The lowest BCUT2D eigenvalue weighted by Crippen LogP contribution is -2.28. The van der Waals surface area contributed by atoms with Gasteiger partial charge in [0.05, 0.1) is 6.61 Å². The fourth-order valence-electron chi connectivity index (χ4n) is 2.05. The van der Waals surface area contributed by atoms with Gasteiger partial charge in [-0.1, -0.05) is 25.1 Å². The summed E-state index contributed by atoms with van der Waals surface area (Å²) in [6.07, 6.45) is 1.13. The van der Waals surface area contributed by atoms with E-state index in [4.69, 9.17) is 5.11 Å². The second-order valence-electron chi connectivity index (χ2n) is 4.37. The number of hydrogen-bond donors (Lipinski definition) is 1. The van der Waals surface area contributed by atoms with Crippen LogP contribution in [0.3, 0.4) is 0 Å². The number of hydrogen-bond acceptors (Lipinski definition) is 2. The van der Waals surface area contributed by atoms with E-state index in [2.05, 4.69) is 43.9 Å². The molecule has 0 aromatic heterocycles. The first-order valence-corrected chi connectivity index (χ1v) is 6.07. The first kappa shape index (κ1) is 13.2. The third-order valence-corrected chi connectivity index (χ3v) is 2.98. The van der Waals surface area contributed by atoms with E-state index in [9.17, 15) is 0 Å². The highest BCUT2D eigenvalue weighted by atomic mass is 16.3. The van der Waals surface area contributed by atoms with Crippen molar-refractivity contribution in [3.8, 4) is 0 Å². The summed E-state index contributed by atoms with van der Waals surface area (Å²) in [5, 5.41) is 9.04. The van der Waals surface area contributed by atoms with Gasteiger partial charge in [0.25, 0.3) is 0 Å². The number of nitrogens with zero attached hydrogens (tertiary/aromatic N) is 1. The molecular weight excluding hydrogens is 198 g/mol. The van der Waals surface area contributed by atoms with Crippen molar-refractivity contribution in [1.82, 2.24) is 4.90 Å². The normalized spacial score (nSPS) is 11.1. The standard InChI is InChI=1S/C14H23NO/c1-4-8-15(9-10-16)11-14-12(2)6-5-7-13(14)3/h5-7,16H,4,8-11H2,1-3H3. The first-order chi connectivity index (χ1) is 7.69. The second kappa shape index (κ2) is 6.66. The number of rotatable bonds is 6. The van der Waals surface area contributed by atoms with Crippen molar-refractivity contribution in [2.24, 2.45) is 0 Å². The summed E-state index contributed by atoms with van der Waals surface area (Å²) >= 11 is 0. The molecule has 0 radical (unpaired) electrons. The number of benzene rings is 1. The molecule has 0 spiro atoms. The molecule has 1 aromatic rings. The zero-order chi connectivity index (χ0) is 12.0. The van der Waals surface area contributed by atoms with Crippen molar-refractivity contribution in [3.63, 3.8) is 0 Å². The molecule has 0 amide bonds. The Labute approximate surface area is 98.9 Å². The van der Waals surface area contributed by atoms with E-state index < -0.39 is 0 Å². The third-order valence-electron chi connectivity index (χ3n) is 2.98. The Hall–Kier alpha value is -0.860. The molecule has 0 bridgehead atoms. The smallest absolute Gasteiger partial charge is 0.0558 e. The maximum Gasteiger partial charge on any atom is 0.0558 e. The number of aryl methyl sites for hydroxylation is 2. The summed E-state index contributed by atoms with van der Waals surface area (Å²) in [5.74, 6) is 0. The van der Waals surface area contributed by atoms with Gasteiger partial charge in [-0.15, -0.1) is 0 Å². The fourth-order valence-corrected chi connectivity index (χ4v) is 2.05. The van der Waals surface area contributed by atoms with Crippen LogP contribution in [0.4, 0.5) is 0 Å². The maximum atomic E-state index is 9.04. The van der Waals surface area contributed by atoms with E-state index in [0.717, 1.165) is 26.1 Å². The van der Waals surface area contributed by atoms with Gasteiger partial charge in [0.15, 0.2) is 0 Å². The van der Waals surface area contributed by atoms with Crippen LogP contribution in [0.5, 0.6) is 0 Å². The topological polar surface area (TPSA) is 23.5 Å². The lowest BCUT2D eigenvalue weighted by atomic mass is 10.0. The van der Waals surface area contributed by atoms with Gasteiger partial charge in [-0.05, 0) is 43.5 Å². The lowest BCUT2D eigenvalue weighted by Gasteiger charge is -2.22. The van der Waals surface area contributed by atoms with Crippen molar-refractivity contribution in [3.05, 3.63) is 34.9 Å². The average molecular weight is 221 g/mol. The molecule has 0 aliphatic carbocycles. The molecule has 0 saturated carbocycles. The van der Waals surface area contributed by atoms with Crippen molar-refractivity contribution in [2.45, 2.75) is 33.7 Å². The Balaban J connectivity index is 2.76. The Morgan fingerprint density at radius 1 is 1.12 bits per heavy atom. The van der Waals surface area contributed by atoms with Crippen LogP contribution < -0.4 is 0 Å². The van der Waals surface area contributed by atoms with Crippen LogP contribution in [0.25, 0.3) is 0 Å². The second-order valence-corrected chi connectivity index (χ2v) is 4.37. The third kappa shape index (κ3) is 3.62. The summed E-state index contributed by atoms with van der Waals surface area (Å²) in [5.41, 5.74) is 4.10. The SMILES string of the molecule is CCCN(CCO)Cc1c(C)cccc1C. The molecule has 0 aliphatic rings. The van der Waals surface area contributed by atoms with E-state index in [1.165, 1.54) is 16.7 Å². The largest absolute Gasteiger partial charge is 0.395 e. The molecule has 1 N–H and O–H groups in total. The van der Waals surface area contributed by atoms with Crippen LogP contribution in [-0.2, 0) is 6.54 Å². The minimum Gasteiger partial charge on any atom is -0.395 e. The zero-order valence-corrected chi connectivity index (χ0v) is 10.7. The molecule has 90 valence electrons. The molecule has 0 fully saturated rings. The molecule has 2 nitrogen and oxygen atoms in total. The molecule has 0 heterocycles. The van der Waals surface area contributed by atoms with Crippen LogP contribution >= 0.6 is 0 Å². The highest BCUT2D eigenvalue weighted by molar-refractivity contribution is 5.33. The van der Waals surface area contributed by atoms with Gasteiger partial charge in [-0.2, -0.15) is 0 Å². The Kier molecular flexibility index (Phi) is 5.50. The van der Waals surface area contributed by atoms with Crippen molar-refractivity contribution in [2.75, 3.05) is 19.7 Å². The average Bonchev–Trinajstić information content (AvgIpc) is 2.24. The maximum absolute atomic E-state index is 9.04. The fraction of sp³-hybridized carbons (Fsp3) is 0.571. The van der Waals surface area contributed by atoms with Crippen LogP contribution in [-0.4, -0.2) is 29.7 Å². The van der Waals surface area contributed by atoms with Crippen LogP contribution in [0.15, 0.2) is 18.2 Å². The van der Waals surface area contributed by atoms with Gasteiger partial charge in [0, 0.05) is 13.1 Å². The summed E-state index contributed by atoms with van der Waals surface area (Å²) in [6, 6.07) is 6.42. The predicted molar refractivity (Wildman–Crippen MR) is 68.6 cm³/mol. The Morgan fingerprint density at radius 3 is 2.25 bits per heavy atom. The van der Waals surface area contributed by atoms with E-state index in [1.54, 1.807) is 0 Å². The molecule has 1 aromatic carbocycles. The van der Waals surface area contributed by atoms with Gasteiger partial charge >= 0.3 is 0 Å². The minimum absolute atomic E-state index is 0.241. The van der Waals surface area contributed by atoms with Crippen molar-refractivity contribution < 1.29 is 5.11 Å².